The first kappa shape index (κ1) is 31.6. The molecular weight excluding hydrogens is 591 g/mol. The Labute approximate surface area is 247 Å². The van der Waals surface area contributed by atoms with E-state index in [-0.39, 0.29) is 46.7 Å². The third-order valence-corrected chi connectivity index (χ3v) is 8.52. The van der Waals surface area contributed by atoms with E-state index >= 15 is 0 Å². The lowest BCUT2D eigenvalue weighted by atomic mass is 10.1. The summed E-state index contributed by atoms with van der Waals surface area (Å²) in [4.78, 5) is 66.8. The number of terminal acetylenes is 1. The van der Waals surface area contributed by atoms with Crippen molar-refractivity contribution in [3.05, 3.63) is 44.6 Å². The Morgan fingerprint density at radius 1 is 1.05 bits per heavy atom. The van der Waals surface area contributed by atoms with Gasteiger partial charge in [-0.1, -0.05) is 17.3 Å². The number of amides is 2. The molecule has 2 heterocycles. The first-order chi connectivity index (χ1) is 19.6. The lowest BCUT2D eigenvalue weighted by molar-refractivity contribution is -0.115. The molecule has 2 amide bonds. The zero-order valence-electron chi connectivity index (χ0n) is 22.7. The van der Waals surface area contributed by atoms with Crippen molar-refractivity contribution in [3.63, 3.8) is 0 Å². The molecule has 0 unspecified atom stereocenters. The second-order valence-electron chi connectivity index (χ2n) is 8.10. The van der Waals surface area contributed by atoms with E-state index in [2.05, 4.69) is 16.2 Å². The van der Waals surface area contributed by atoms with Crippen molar-refractivity contribution in [2.75, 3.05) is 37.1 Å². The standard InChI is InChI=1S/C27H27N3O8S3/c1-6-11-30-17-10-9-16(24(33)36-5)12-18(17)40-27(30)29-20(32)14-39-13-19(31)28-23-21(25(34)37-7-2)15(4)22(41-23)26(35)38-8-3/h1,9-10,12H,7-8,11,13-14H2,2-5H3,(H,28,31). The molecule has 0 aliphatic heterocycles. The van der Waals surface area contributed by atoms with E-state index in [1.807, 2.05) is 0 Å². The molecule has 3 rings (SSSR count). The number of esters is 3. The molecule has 11 nitrogen and oxygen atoms in total. The number of carbonyl (C=O) groups excluding carboxylic acids is 5. The second kappa shape index (κ2) is 14.6. The van der Waals surface area contributed by atoms with Gasteiger partial charge in [0, 0.05) is 0 Å². The van der Waals surface area contributed by atoms with E-state index in [1.54, 1.807) is 43.5 Å². The number of thiazole rings is 1. The summed E-state index contributed by atoms with van der Waals surface area (Å²) in [7, 11) is 1.29. The van der Waals surface area contributed by atoms with E-state index < -0.39 is 29.7 Å². The number of thioether (sulfide) groups is 1. The maximum absolute atomic E-state index is 12.7. The predicted molar refractivity (Wildman–Crippen MR) is 157 cm³/mol. The molecule has 216 valence electrons. The van der Waals surface area contributed by atoms with Gasteiger partial charge in [-0.05, 0) is 44.5 Å². The fourth-order valence-electron chi connectivity index (χ4n) is 3.62. The summed E-state index contributed by atoms with van der Waals surface area (Å²) in [5.74, 6) is -0.421. The first-order valence-electron chi connectivity index (χ1n) is 12.2. The lowest BCUT2D eigenvalue weighted by Crippen LogP contribution is -2.19. The molecule has 1 N–H and O–H groups in total. The van der Waals surface area contributed by atoms with Crippen LogP contribution in [-0.2, 0) is 30.3 Å². The van der Waals surface area contributed by atoms with Crippen LogP contribution >= 0.6 is 34.4 Å². The van der Waals surface area contributed by atoms with Gasteiger partial charge in [0.15, 0.2) is 4.80 Å². The van der Waals surface area contributed by atoms with Crippen molar-refractivity contribution >= 4 is 79.4 Å². The zero-order chi connectivity index (χ0) is 30.1. The number of hydrogen-bond acceptors (Lipinski definition) is 11. The fraction of sp³-hybridized carbons (Fsp3) is 0.333. The highest BCUT2D eigenvalue weighted by Gasteiger charge is 2.27. The Balaban J connectivity index is 1.73. The van der Waals surface area contributed by atoms with Crippen molar-refractivity contribution in [1.82, 2.24) is 4.57 Å². The summed E-state index contributed by atoms with van der Waals surface area (Å²) in [5.41, 5.74) is 1.51. The van der Waals surface area contributed by atoms with Crippen molar-refractivity contribution in [2.45, 2.75) is 27.3 Å². The molecule has 0 atom stereocenters. The number of methoxy groups -OCH3 is 1. The largest absolute Gasteiger partial charge is 0.465 e. The van der Waals surface area contributed by atoms with Gasteiger partial charge >= 0.3 is 17.9 Å². The van der Waals surface area contributed by atoms with Crippen LogP contribution in [0.15, 0.2) is 23.2 Å². The zero-order valence-corrected chi connectivity index (χ0v) is 25.2. The Kier molecular flexibility index (Phi) is 11.3. The minimum absolute atomic E-state index is 0.0857. The van der Waals surface area contributed by atoms with E-state index in [4.69, 9.17) is 20.6 Å². The van der Waals surface area contributed by atoms with Crippen LogP contribution in [0.3, 0.4) is 0 Å². The van der Waals surface area contributed by atoms with E-state index in [1.165, 1.54) is 18.4 Å². The predicted octanol–water partition coefficient (Wildman–Crippen LogP) is 3.65. The minimum Gasteiger partial charge on any atom is -0.465 e. The molecule has 0 saturated heterocycles. The van der Waals surface area contributed by atoms with Crippen LogP contribution < -0.4 is 10.1 Å². The maximum atomic E-state index is 12.7. The van der Waals surface area contributed by atoms with Crippen LogP contribution in [0.4, 0.5) is 5.00 Å². The Hall–Kier alpha value is -3.93. The molecule has 0 aliphatic carbocycles. The van der Waals surface area contributed by atoms with Gasteiger partial charge in [-0.25, -0.2) is 14.4 Å². The molecule has 1 aromatic carbocycles. The first-order valence-corrected chi connectivity index (χ1v) is 15.0. The van der Waals surface area contributed by atoms with Crippen LogP contribution in [0.5, 0.6) is 0 Å². The maximum Gasteiger partial charge on any atom is 0.348 e. The molecule has 0 aliphatic rings. The topological polar surface area (TPSA) is 142 Å². The molecule has 3 aromatic rings. The SMILES string of the molecule is C#CCn1c(=NC(=O)CSCC(=O)Nc2sc(C(=O)OCC)c(C)c2C(=O)OCC)sc2cc(C(=O)OC)ccc21. The Bertz CT molecular complexity index is 1610. The average molecular weight is 618 g/mol. The number of nitrogens with zero attached hydrogens (tertiary/aromatic N) is 2. The second-order valence-corrected chi connectivity index (χ2v) is 11.1. The highest BCUT2D eigenvalue weighted by Crippen LogP contribution is 2.34. The van der Waals surface area contributed by atoms with Gasteiger partial charge in [0.05, 0.1) is 59.7 Å². The number of anilines is 1. The minimum atomic E-state index is -0.670. The quantitative estimate of drug-likeness (QED) is 0.194. The Morgan fingerprint density at radius 3 is 2.41 bits per heavy atom. The summed E-state index contributed by atoms with van der Waals surface area (Å²) >= 11 is 3.15. The molecule has 0 radical (unpaired) electrons. The molecule has 0 spiro atoms. The molecule has 41 heavy (non-hydrogen) atoms. The van der Waals surface area contributed by atoms with Gasteiger partial charge in [0.25, 0.3) is 5.91 Å². The number of benzene rings is 1. The van der Waals surface area contributed by atoms with E-state index in [9.17, 15) is 24.0 Å². The van der Waals surface area contributed by atoms with Crippen LogP contribution in [0.1, 0.15) is 49.8 Å². The number of aromatic nitrogens is 1. The summed E-state index contributed by atoms with van der Waals surface area (Å²) in [6, 6.07) is 4.96. The monoisotopic (exact) mass is 617 g/mol. The summed E-state index contributed by atoms with van der Waals surface area (Å²) < 4.78 is 17.3. The molecule has 2 aromatic heterocycles. The van der Waals surface area contributed by atoms with Gasteiger partial charge in [-0.3, -0.25) is 9.59 Å². The number of hydrogen-bond donors (Lipinski definition) is 1. The number of thiophene rings is 1. The smallest absolute Gasteiger partial charge is 0.348 e. The van der Waals surface area contributed by atoms with Crippen molar-refractivity contribution in [2.24, 2.45) is 4.99 Å². The molecule has 0 saturated carbocycles. The van der Waals surface area contributed by atoms with Crippen molar-refractivity contribution in [3.8, 4) is 12.3 Å². The number of fused-ring (bicyclic) bond motifs is 1. The lowest BCUT2D eigenvalue weighted by Gasteiger charge is -2.07. The summed E-state index contributed by atoms with van der Waals surface area (Å²) in [6.07, 6.45) is 5.51. The highest BCUT2D eigenvalue weighted by molar-refractivity contribution is 8.00. The number of nitrogens with one attached hydrogen (secondary N) is 1. The summed E-state index contributed by atoms with van der Waals surface area (Å²) in [6.45, 7) is 5.32. The van der Waals surface area contributed by atoms with Gasteiger partial charge < -0.3 is 24.1 Å². The molecule has 0 fully saturated rings. The van der Waals surface area contributed by atoms with E-state index in [0.717, 1.165) is 23.1 Å². The van der Waals surface area contributed by atoms with Gasteiger partial charge in [-0.2, -0.15) is 4.99 Å². The third kappa shape index (κ3) is 7.63. The van der Waals surface area contributed by atoms with Crippen LogP contribution in [0, 0.1) is 19.3 Å². The van der Waals surface area contributed by atoms with Gasteiger partial charge in [-0.15, -0.1) is 29.5 Å². The van der Waals surface area contributed by atoms with Gasteiger partial charge in [0.2, 0.25) is 5.91 Å². The highest BCUT2D eigenvalue weighted by atomic mass is 32.2. The van der Waals surface area contributed by atoms with Crippen molar-refractivity contribution in [1.29, 1.82) is 0 Å². The van der Waals surface area contributed by atoms with Gasteiger partial charge in [0.1, 0.15) is 9.88 Å². The number of rotatable bonds is 11. The Morgan fingerprint density at radius 2 is 1.76 bits per heavy atom. The normalized spacial score (nSPS) is 11.1. The van der Waals surface area contributed by atoms with Crippen LogP contribution in [0.25, 0.3) is 10.2 Å². The molecule has 14 heteroatoms. The number of carbonyl (C=O) groups is 5. The average Bonchev–Trinajstić information content (AvgIpc) is 3.44. The third-order valence-electron chi connectivity index (χ3n) is 5.37. The van der Waals surface area contributed by atoms with Crippen molar-refractivity contribution < 1.29 is 38.2 Å². The summed E-state index contributed by atoms with van der Waals surface area (Å²) in [5, 5.41) is 2.80. The van der Waals surface area contributed by atoms with E-state index in [0.29, 0.717) is 26.1 Å². The number of ether oxygens (including phenoxy) is 3. The molecule has 0 bridgehead atoms. The van der Waals surface area contributed by atoms with Crippen LogP contribution in [0.2, 0.25) is 0 Å². The fourth-order valence-corrected chi connectivity index (χ4v) is 6.41. The molecular formula is C27H27N3O8S3. The van der Waals surface area contributed by atoms with Crippen LogP contribution in [-0.4, -0.2) is 66.1 Å².